The molecule has 0 atom stereocenters. The summed E-state index contributed by atoms with van der Waals surface area (Å²) in [6.45, 7) is 7.26. The van der Waals surface area contributed by atoms with E-state index in [1.165, 1.54) is 6.07 Å². The Hall–Kier alpha value is -0.890. The van der Waals surface area contributed by atoms with E-state index < -0.39 is 0 Å². The largest absolute Gasteiger partial charge is 0.380 e. The van der Waals surface area contributed by atoms with Crippen LogP contribution < -0.4 is 10.6 Å². The number of rotatable bonds is 9. The Kier molecular flexibility index (Phi) is 13.0. The van der Waals surface area contributed by atoms with E-state index in [9.17, 15) is 4.39 Å². The lowest BCUT2D eigenvalue weighted by Crippen LogP contribution is -2.39. The van der Waals surface area contributed by atoms with Crippen molar-refractivity contribution in [2.45, 2.75) is 26.7 Å². The lowest BCUT2D eigenvalue weighted by molar-refractivity contribution is 0.128. The zero-order valence-electron chi connectivity index (χ0n) is 14.3. The summed E-state index contributed by atoms with van der Waals surface area (Å²) >= 11 is 0. The molecule has 0 saturated heterocycles. The number of aliphatic imine (C=N–C) groups is 1. The average molecular weight is 437 g/mol. The van der Waals surface area contributed by atoms with Gasteiger partial charge in [-0.2, -0.15) is 0 Å². The summed E-state index contributed by atoms with van der Waals surface area (Å²) in [4.78, 5) is 4.15. The first-order valence-corrected chi connectivity index (χ1v) is 7.88. The molecule has 0 unspecified atom stereocenters. The molecule has 0 aliphatic rings. The summed E-state index contributed by atoms with van der Waals surface area (Å²) in [7, 11) is 1.73. The van der Waals surface area contributed by atoms with Crippen molar-refractivity contribution in [2.24, 2.45) is 10.9 Å². The monoisotopic (exact) mass is 437 g/mol. The fourth-order valence-electron chi connectivity index (χ4n) is 1.90. The molecular weight excluding hydrogens is 408 g/mol. The fourth-order valence-corrected chi connectivity index (χ4v) is 1.90. The maximum atomic E-state index is 13.1. The highest BCUT2D eigenvalue weighted by Gasteiger charge is 1.99. The number of hydrogen-bond acceptors (Lipinski definition) is 2. The molecule has 0 radical (unpaired) electrons. The zero-order chi connectivity index (χ0) is 16.2. The van der Waals surface area contributed by atoms with E-state index in [0.717, 1.165) is 37.5 Å². The lowest BCUT2D eigenvalue weighted by Gasteiger charge is -2.12. The zero-order valence-corrected chi connectivity index (χ0v) is 16.6. The Bertz CT molecular complexity index is 455. The quantitative estimate of drug-likeness (QED) is 0.270. The molecule has 0 aromatic heterocycles. The van der Waals surface area contributed by atoms with Crippen LogP contribution in [0.25, 0.3) is 0 Å². The molecule has 4 nitrogen and oxygen atoms in total. The van der Waals surface area contributed by atoms with Gasteiger partial charge < -0.3 is 15.4 Å². The van der Waals surface area contributed by atoms with Crippen LogP contribution in [-0.2, 0) is 11.2 Å². The molecule has 2 N–H and O–H groups in total. The smallest absolute Gasteiger partial charge is 0.191 e. The lowest BCUT2D eigenvalue weighted by atomic mass is 10.1. The summed E-state index contributed by atoms with van der Waals surface area (Å²) in [6, 6.07) is 6.66. The Morgan fingerprint density at radius 1 is 1.22 bits per heavy atom. The number of hydrogen-bond donors (Lipinski definition) is 2. The van der Waals surface area contributed by atoms with E-state index in [0.29, 0.717) is 19.1 Å². The molecule has 0 aliphatic carbocycles. The van der Waals surface area contributed by atoms with Crippen molar-refractivity contribution in [3.05, 3.63) is 35.6 Å². The molecule has 0 amide bonds. The third kappa shape index (κ3) is 11.3. The van der Waals surface area contributed by atoms with Gasteiger partial charge in [-0.25, -0.2) is 4.39 Å². The van der Waals surface area contributed by atoms with E-state index in [2.05, 4.69) is 29.5 Å². The molecule has 1 aromatic carbocycles. The van der Waals surface area contributed by atoms with Crippen molar-refractivity contribution in [1.82, 2.24) is 10.6 Å². The SMILES string of the molecule is CN=C(NCCOCCC(C)C)NCCc1cccc(F)c1.I. The molecular formula is C17H29FIN3O. The van der Waals surface area contributed by atoms with Gasteiger partial charge in [0.25, 0.3) is 0 Å². The van der Waals surface area contributed by atoms with Gasteiger partial charge in [-0.05, 0) is 36.5 Å². The number of halogens is 2. The standard InChI is InChI=1S/C17H28FN3O.HI/c1-14(2)8-11-22-12-10-21-17(19-3)20-9-7-15-5-4-6-16(18)13-15;/h4-6,13-14H,7-12H2,1-3H3,(H2,19,20,21);1H. The molecule has 23 heavy (non-hydrogen) atoms. The van der Waals surface area contributed by atoms with Gasteiger partial charge >= 0.3 is 0 Å². The minimum absolute atomic E-state index is 0. The van der Waals surface area contributed by atoms with Crippen molar-refractivity contribution < 1.29 is 9.13 Å². The summed E-state index contributed by atoms with van der Waals surface area (Å²) in [5.74, 6) is 1.22. The first kappa shape index (κ1) is 22.1. The van der Waals surface area contributed by atoms with Crippen LogP contribution in [0.15, 0.2) is 29.3 Å². The van der Waals surface area contributed by atoms with E-state index >= 15 is 0 Å². The van der Waals surface area contributed by atoms with Crippen molar-refractivity contribution >= 4 is 29.9 Å². The van der Waals surface area contributed by atoms with Gasteiger partial charge in [0.05, 0.1) is 6.61 Å². The normalized spacial score (nSPS) is 11.3. The maximum absolute atomic E-state index is 13.1. The summed E-state index contributed by atoms with van der Waals surface area (Å²) < 4.78 is 18.6. The molecule has 0 fully saturated rings. The number of nitrogens with zero attached hydrogens (tertiary/aromatic N) is 1. The molecule has 0 aliphatic heterocycles. The molecule has 0 bridgehead atoms. The van der Waals surface area contributed by atoms with Crippen LogP contribution in [0.3, 0.4) is 0 Å². The van der Waals surface area contributed by atoms with Gasteiger partial charge in [0, 0.05) is 26.7 Å². The van der Waals surface area contributed by atoms with Crippen LogP contribution in [0.4, 0.5) is 4.39 Å². The Morgan fingerprint density at radius 2 is 1.96 bits per heavy atom. The van der Waals surface area contributed by atoms with Crippen LogP contribution in [0.5, 0.6) is 0 Å². The topological polar surface area (TPSA) is 45.7 Å². The van der Waals surface area contributed by atoms with Crippen molar-refractivity contribution in [2.75, 3.05) is 33.4 Å². The number of ether oxygens (including phenoxy) is 1. The Balaban J connectivity index is 0.00000484. The van der Waals surface area contributed by atoms with Crippen LogP contribution in [-0.4, -0.2) is 39.3 Å². The first-order chi connectivity index (χ1) is 10.6. The minimum Gasteiger partial charge on any atom is -0.380 e. The van der Waals surface area contributed by atoms with Gasteiger partial charge in [-0.15, -0.1) is 24.0 Å². The Labute approximate surface area is 156 Å². The van der Waals surface area contributed by atoms with Crippen LogP contribution >= 0.6 is 24.0 Å². The predicted molar refractivity (Wildman–Crippen MR) is 105 cm³/mol. The van der Waals surface area contributed by atoms with E-state index in [-0.39, 0.29) is 29.8 Å². The second kappa shape index (κ2) is 13.5. The van der Waals surface area contributed by atoms with Crippen molar-refractivity contribution in [3.8, 4) is 0 Å². The predicted octanol–water partition coefficient (Wildman–Crippen LogP) is 3.21. The molecule has 0 spiro atoms. The summed E-state index contributed by atoms with van der Waals surface area (Å²) in [6.07, 6.45) is 1.84. The summed E-state index contributed by atoms with van der Waals surface area (Å²) in [5, 5.41) is 6.40. The van der Waals surface area contributed by atoms with Crippen LogP contribution in [0, 0.1) is 11.7 Å². The van der Waals surface area contributed by atoms with Crippen LogP contribution in [0.1, 0.15) is 25.8 Å². The molecule has 1 aromatic rings. The Morgan fingerprint density at radius 3 is 2.61 bits per heavy atom. The highest BCUT2D eigenvalue weighted by Crippen LogP contribution is 2.03. The second-order valence-electron chi connectivity index (χ2n) is 5.60. The average Bonchev–Trinajstić information content (AvgIpc) is 2.48. The van der Waals surface area contributed by atoms with E-state index in [1.54, 1.807) is 19.2 Å². The molecule has 132 valence electrons. The molecule has 0 heterocycles. The second-order valence-corrected chi connectivity index (χ2v) is 5.60. The maximum Gasteiger partial charge on any atom is 0.191 e. The molecule has 1 rings (SSSR count). The fraction of sp³-hybridized carbons (Fsp3) is 0.588. The van der Waals surface area contributed by atoms with E-state index in [4.69, 9.17) is 4.74 Å². The van der Waals surface area contributed by atoms with Gasteiger partial charge in [0.2, 0.25) is 0 Å². The number of nitrogens with one attached hydrogen (secondary N) is 2. The third-order valence-corrected chi connectivity index (χ3v) is 3.20. The molecule has 6 heteroatoms. The van der Waals surface area contributed by atoms with Crippen molar-refractivity contribution in [1.29, 1.82) is 0 Å². The third-order valence-electron chi connectivity index (χ3n) is 3.20. The minimum atomic E-state index is -0.196. The van der Waals surface area contributed by atoms with Gasteiger partial charge in [0.1, 0.15) is 5.82 Å². The highest BCUT2D eigenvalue weighted by atomic mass is 127. The van der Waals surface area contributed by atoms with Gasteiger partial charge in [0.15, 0.2) is 5.96 Å². The first-order valence-electron chi connectivity index (χ1n) is 7.88. The van der Waals surface area contributed by atoms with Crippen molar-refractivity contribution in [3.63, 3.8) is 0 Å². The number of guanidine groups is 1. The van der Waals surface area contributed by atoms with Crippen LogP contribution in [0.2, 0.25) is 0 Å². The van der Waals surface area contributed by atoms with Gasteiger partial charge in [-0.1, -0.05) is 26.0 Å². The number of benzene rings is 1. The van der Waals surface area contributed by atoms with Gasteiger partial charge in [-0.3, -0.25) is 4.99 Å². The highest BCUT2D eigenvalue weighted by molar-refractivity contribution is 14.0. The summed E-state index contributed by atoms with van der Waals surface area (Å²) in [5.41, 5.74) is 0.972. The molecule has 0 saturated carbocycles. The van der Waals surface area contributed by atoms with E-state index in [1.807, 2.05) is 6.07 Å².